The van der Waals surface area contributed by atoms with Gasteiger partial charge in [-0.05, 0) is 51.3 Å². The molecule has 1 unspecified atom stereocenters. The van der Waals surface area contributed by atoms with Crippen LogP contribution in [-0.4, -0.2) is 0 Å². The third-order valence-electron chi connectivity index (χ3n) is 5.11. The van der Waals surface area contributed by atoms with E-state index in [4.69, 9.17) is 0 Å². The van der Waals surface area contributed by atoms with Crippen LogP contribution in [0, 0.1) is 5.41 Å². The predicted octanol–water partition coefficient (Wildman–Crippen LogP) is 3.69. The minimum absolute atomic E-state index is 0.0114. The lowest BCUT2D eigenvalue weighted by Gasteiger charge is -2.41. The fourth-order valence-electron chi connectivity index (χ4n) is 4.04. The van der Waals surface area contributed by atoms with E-state index in [2.05, 4.69) is 85.0 Å². The second-order valence-electron chi connectivity index (χ2n) is 6.29. The second kappa shape index (κ2) is 4.20. The van der Waals surface area contributed by atoms with Crippen LogP contribution in [0.1, 0.15) is 17.5 Å². The molecule has 2 aromatic rings. The third kappa shape index (κ3) is 1.47. The highest BCUT2D eigenvalue weighted by Crippen LogP contribution is 2.53. The molecular formula is C22H16. The molecule has 104 valence electrons. The summed E-state index contributed by atoms with van der Waals surface area (Å²) in [6.45, 7) is 0. The molecule has 0 nitrogen and oxygen atoms in total. The Morgan fingerprint density at radius 1 is 0.818 bits per heavy atom. The molecular weight excluding hydrogens is 264 g/mol. The zero-order valence-corrected chi connectivity index (χ0v) is 12.3. The van der Waals surface area contributed by atoms with E-state index in [-0.39, 0.29) is 5.41 Å². The SMILES string of the molecule is C1=CCC23C=c4ccccc4=CC2=Cc2ccccc2C3=C1. The molecule has 0 radical (unpaired) electrons. The van der Waals surface area contributed by atoms with Crippen molar-refractivity contribution in [2.24, 2.45) is 5.41 Å². The van der Waals surface area contributed by atoms with Gasteiger partial charge in [0, 0.05) is 5.41 Å². The first-order valence-corrected chi connectivity index (χ1v) is 7.85. The van der Waals surface area contributed by atoms with Crippen molar-refractivity contribution in [1.82, 2.24) is 0 Å². The van der Waals surface area contributed by atoms with Crippen LogP contribution in [-0.2, 0) is 0 Å². The van der Waals surface area contributed by atoms with Crippen LogP contribution in [0.5, 0.6) is 0 Å². The predicted molar refractivity (Wildman–Crippen MR) is 93.2 cm³/mol. The topological polar surface area (TPSA) is 0 Å². The van der Waals surface area contributed by atoms with E-state index < -0.39 is 0 Å². The molecule has 3 aliphatic rings. The van der Waals surface area contributed by atoms with E-state index in [1.807, 2.05) is 0 Å². The first kappa shape index (κ1) is 12.0. The van der Waals surface area contributed by atoms with Gasteiger partial charge in [0.05, 0.1) is 0 Å². The van der Waals surface area contributed by atoms with E-state index in [1.54, 1.807) is 0 Å². The van der Waals surface area contributed by atoms with Crippen LogP contribution in [0.15, 0.2) is 72.3 Å². The van der Waals surface area contributed by atoms with Gasteiger partial charge in [0.2, 0.25) is 0 Å². The van der Waals surface area contributed by atoms with Crippen molar-refractivity contribution in [3.8, 4) is 0 Å². The Morgan fingerprint density at radius 3 is 2.59 bits per heavy atom. The maximum absolute atomic E-state index is 2.47. The Labute approximate surface area is 130 Å². The van der Waals surface area contributed by atoms with Crippen LogP contribution >= 0.6 is 0 Å². The van der Waals surface area contributed by atoms with Crippen molar-refractivity contribution in [3.05, 3.63) is 93.9 Å². The molecule has 0 aliphatic heterocycles. The largest absolute Gasteiger partial charge is 0.0830 e. The maximum atomic E-state index is 2.47. The molecule has 0 heterocycles. The zero-order valence-electron chi connectivity index (χ0n) is 12.3. The highest BCUT2D eigenvalue weighted by atomic mass is 14.4. The van der Waals surface area contributed by atoms with Crippen molar-refractivity contribution in [1.29, 1.82) is 0 Å². The normalized spacial score (nSPS) is 23.6. The number of rotatable bonds is 0. The molecule has 0 bridgehead atoms. The van der Waals surface area contributed by atoms with Crippen molar-refractivity contribution < 1.29 is 0 Å². The summed E-state index contributed by atoms with van der Waals surface area (Å²) in [5, 5.41) is 2.67. The Balaban J connectivity index is 1.92. The van der Waals surface area contributed by atoms with Gasteiger partial charge in [0.15, 0.2) is 0 Å². The van der Waals surface area contributed by atoms with Crippen molar-refractivity contribution >= 4 is 23.8 Å². The number of hydrogen-bond acceptors (Lipinski definition) is 0. The summed E-state index contributed by atoms with van der Waals surface area (Å²) in [6.07, 6.45) is 15.1. The lowest BCUT2D eigenvalue weighted by molar-refractivity contribution is 0.670. The van der Waals surface area contributed by atoms with E-state index in [0.29, 0.717) is 0 Å². The molecule has 0 N–H and O–H groups in total. The minimum Gasteiger partial charge on any atom is -0.0830 e. The van der Waals surface area contributed by atoms with Gasteiger partial charge in [0.1, 0.15) is 0 Å². The molecule has 22 heavy (non-hydrogen) atoms. The summed E-state index contributed by atoms with van der Waals surface area (Å²) < 4.78 is 0. The minimum atomic E-state index is 0.0114. The van der Waals surface area contributed by atoms with E-state index >= 15 is 0 Å². The monoisotopic (exact) mass is 280 g/mol. The van der Waals surface area contributed by atoms with Crippen molar-refractivity contribution in [2.75, 3.05) is 0 Å². The number of hydrogen-bond donors (Lipinski definition) is 0. The third-order valence-corrected chi connectivity index (χ3v) is 5.11. The van der Waals surface area contributed by atoms with Crippen LogP contribution in [0.4, 0.5) is 0 Å². The van der Waals surface area contributed by atoms with Crippen LogP contribution in [0.2, 0.25) is 0 Å². The molecule has 0 saturated heterocycles. The molecule has 0 saturated carbocycles. The summed E-state index contributed by atoms with van der Waals surface area (Å²) in [5.41, 5.74) is 5.57. The smallest absolute Gasteiger partial charge is 0.0431 e. The highest BCUT2D eigenvalue weighted by Gasteiger charge is 2.40. The number of fused-ring (bicyclic) bond motifs is 3. The van der Waals surface area contributed by atoms with Gasteiger partial charge in [-0.2, -0.15) is 0 Å². The number of benzene rings is 2. The van der Waals surface area contributed by atoms with Gasteiger partial charge >= 0.3 is 0 Å². The lowest BCUT2D eigenvalue weighted by Crippen LogP contribution is -2.37. The fraction of sp³-hybridized carbons (Fsp3) is 0.0909. The van der Waals surface area contributed by atoms with Gasteiger partial charge in [-0.1, -0.05) is 72.8 Å². The summed E-state index contributed by atoms with van der Waals surface area (Å²) in [7, 11) is 0. The summed E-state index contributed by atoms with van der Waals surface area (Å²) >= 11 is 0. The molecule has 2 aromatic carbocycles. The Hall–Kier alpha value is -2.60. The molecule has 1 atom stereocenters. The van der Waals surface area contributed by atoms with E-state index in [9.17, 15) is 0 Å². The zero-order chi connectivity index (χ0) is 14.6. The first-order valence-electron chi connectivity index (χ1n) is 7.85. The fourth-order valence-corrected chi connectivity index (χ4v) is 4.04. The molecule has 0 amide bonds. The van der Waals surface area contributed by atoms with Gasteiger partial charge in [-0.15, -0.1) is 0 Å². The lowest BCUT2D eigenvalue weighted by atomic mass is 9.62. The Morgan fingerprint density at radius 2 is 1.64 bits per heavy atom. The van der Waals surface area contributed by atoms with Crippen molar-refractivity contribution in [3.63, 3.8) is 0 Å². The Kier molecular flexibility index (Phi) is 2.29. The molecule has 0 aromatic heterocycles. The average molecular weight is 280 g/mol. The van der Waals surface area contributed by atoms with E-state index in [1.165, 1.54) is 32.7 Å². The van der Waals surface area contributed by atoms with Gasteiger partial charge < -0.3 is 0 Å². The molecule has 0 heteroatoms. The van der Waals surface area contributed by atoms with E-state index in [0.717, 1.165) is 6.42 Å². The number of allylic oxidation sites excluding steroid dienone is 5. The second-order valence-corrected chi connectivity index (χ2v) is 6.29. The van der Waals surface area contributed by atoms with Crippen molar-refractivity contribution in [2.45, 2.75) is 6.42 Å². The average Bonchev–Trinajstić information content (AvgIpc) is 2.57. The Bertz CT molecular complexity index is 998. The van der Waals surface area contributed by atoms with Crippen LogP contribution in [0.3, 0.4) is 0 Å². The van der Waals surface area contributed by atoms with Gasteiger partial charge in [-0.3, -0.25) is 0 Å². The summed E-state index contributed by atoms with van der Waals surface area (Å²) in [5.74, 6) is 0. The summed E-state index contributed by atoms with van der Waals surface area (Å²) in [6, 6.07) is 17.4. The quantitative estimate of drug-likeness (QED) is 0.690. The molecule has 3 aliphatic carbocycles. The molecule has 5 rings (SSSR count). The maximum Gasteiger partial charge on any atom is 0.0431 e. The van der Waals surface area contributed by atoms with Crippen LogP contribution in [0.25, 0.3) is 23.8 Å². The van der Waals surface area contributed by atoms with Gasteiger partial charge in [0.25, 0.3) is 0 Å². The summed E-state index contributed by atoms with van der Waals surface area (Å²) in [4.78, 5) is 0. The first-order chi connectivity index (χ1) is 10.9. The van der Waals surface area contributed by atoms with Crippen LogP contribution < -0.4 is 10.4 Å². The standard InChI is InChI=1S/C22H16/c1-2-9-18-15-22-12-6-5-11-21(22)20-10-4-3-8-17(20)14-19(22)13-16(18)7-1/h1-11,13-15H,12H2. The molecule has 0 fully saturated rings. The highest BCUT2D eigenvalue weighted by molar-refractivity contribution is 5.96. The molecule has 1 spiro atoms. The van der Waals surface area contributed by atoms with Gasteiger partial charge in [-0.25, -0.2) is 0 Å².